The van der Waals surface area contributed by atoms with E-state index in [-0.39, 0.29) is 28.6 Å². The Morgan fingerprint density at radius 3 is 2.64 bits per heavy atom. The topological polar surface area (TPSA) is 137 Å². The van der Waals surface area contributed by atoms with Crippen LogP contribution in [0.3, 0.4) is 0 Å². The van der Waals surface area contributed by atoms with Crippen LogP contribution in [0.5, 0.6) is 0 Å². The van der Waals surface area contributed by atoms with E-state index in [1.165, 1.54) is 17.4 Å². The number of carboxylic acids is 1. The van der Waals surface area contributed by atoms with Crippen molar-refractivity contribution >= 4 is 51.7 Å². The number of H-pyrrole nitrogens is 1. The van der Waals surface area contributed by atoms with Crippen LogP contribution >= 0.6 is 11.3 Å². The number of furan rings is 1. The van der Waals surface area contributed by atoms with Crippen LogP contribution < -0.4 is 10.6 Å². The number of carbonyl (C=O) groups excluding carboxylic acids is 2. The molecule has 0 saturated carbocycles. The molecular weight excluding hydrogens is 384 g/mol. The smallest absolute Gasteiger partial charge is 0.371 e. The van der Waals surface area contributed by atoms with Crippen molar-refractivity contribution in [2.24, 2.45) is 0 Å². The second-order valence-electron chi connectivity index (χ2n) is 5.66. The number of rotatable bonds is 5. The van der Waals surface area contributed by atoms with E-state index < -0.39 is 11.9 Å². The predicted octanol–water partition coefficient (Wildman–Crippen LogP) is 3.42. The molecule has 0 aliphatic heterocycles. The van der Waals surface area contributed by atoms with Crippen molar-refractivity contribution in [3.05, 3.63) is 64.0 Å². The molecule has 0 fully saturated rings. The lowest BCUT2D eigenvalue weighted by Crippen LogP contribution is -2.18. The lowest BCUT2D eigenvalue weighted by molar-refractivity contribution is 0.0664. The fraction of sp³-hybridized carbons (Fsp3) is 0. The van der Waals surface area contributed by atoms with Gasteiger partial charge in [-0.25, -0.2) is 4.79 Å². The zero-order valence-electron chi connectivity index (χ0n) is 14.1. The van der Waals surface area contributed by atoms with Crippen molar-refractivity contribution in [3.8, 4) is 0 Å². The molecule has 4 N–H and O–H groups in total. The van der Waals surface area contributed by atoms with Gasteiger partial charge >= 0.3 is 5.97 Å². The minimum Gasteiger partial charge on any atom is -0.475 e. The lowest BCUT2D eigenvalue weighted by Gasteiger charge is -2.10. The van der Waals surface area contributed by atoms with Crippen molar-refractivity contribution in [2.45, 2.75) is 0 Å². The summed E-state index contributed by atoms with van der Waals surface area (Å²) in [5, 5.41) is 22.6. The summed E-state index contributed by atoms with van der Waals surface area (Å²) in [5.74, 6) is -2.32. The summed E-state index contributed by atoms with van der Waals surface area (Å²) in [4.78, 5) is 36.5. The third-order valence-electron chi connectivity index (χ3n) is 3.84. The number of amides is 2. The quantitative estimate of drug-likeness (QED) is 0.408. The maximum atomic E-state index is 12.7. The largest absolute Gasteiger partial charge is 0.475 e. The number of thiophene rings is 1. The van der Waals surface area contributed by atoms with Crippen LogP contribution in [0.4, 0.5) is 11.5 Å². The zero-order chi connectivity index (χ0) is 19.7. The molecule has 0 unspecified atom stereocenters. The van der Waals surface area contributed by atoms with Crippen LogP contribution in [0.2, 0.25) is 0 Å². The van der Waals surface area contributed by atoms with Gasteiger partial charge in [0.1, 0.15) is 5.52 Å². The van der Waals surface area contributed by atoms with Gasteiger partial charge in [-0.2, -0.15) is 5.10 Å². The summed E-state index contributed by atoms with van der Waals surface area (Å²) in [6, 6.07) is 11.2. The Morgan fingerprint density at radius 1 is 1.07 bits per heavy atom. The van der Waals surface area contributed by atoms with Crippen molar-refractivity contribution in [3.63, 3.8) is 0 Å². The molecule has 9 nitrogen and oxygen atoms in total. The van der Waals surface area contributed by atoms with E-state index in [9.17, 15) is 14.4 Å². The Balaban J connectivity index is 1.59. The number of benzene rings is 1. The summed E-state index contributed by atoms with van der Waals surface area (Å²) in [6.07, 6.45) is 0. The molecule has 4 rings (SSSR count). The number of aromatic amines is 1. The van der Waals surface area contributed by atoms with Crippen molar-refractivity contribution in [1.82, 2.24) is 10.2 Å². The van der Waals surface area contributed by atoms with E-state index in [4.69, 9.17) is 9.52 Å². The lowest BCUT2D eigenvalue weighted by atomic mass is 10.1. The Morgan fingerprint density at radius 2 is 1.89 bits per heavy atom. The summed E-state index contributed by atoms with van der Waals surface area (Å²) < 4.78 is 5.20. The summed E-state index contributed by atoms with van der Waals surface area (Å²) in [6.45, 7) is 0. The molecule has 1 aromatic carbocycles. The summed E-state index contributed by atoms with van der Waals surface area (Å²) >= 11 is 1.29. The van der Waals surface area contributed by atoms with Gasteiger partial charge in [-0.05, 0) is 23.6 Å². The molecule has 3 heterocycles. The standard InChI is InChI=1S/C18H12N4O5S/c23-16(20-15-14-11(21-22-15)8-12(27-14)18(25)26)9-4-1-2-5-10(9)19-17(24)13-6-3-7-28-13/h1-8H,(H,19,24)(H,25,26)(H2,20,21,22,23). The highest BCUT2D eigenvalue weighted by Gasteiger charge is 2.20. The number of hydrogen-bond donors (Lipinski definition) is 4. The first kappa shape index (κ1) is 17.5. The highest BCUT2D eigenvalue weighted by atomic mass is 32.1. The maximum absolute atomic E-state index is 12.7. The number of nitrogens with one attached hydrogen (secondary N) is 3. The van der Waals surface area contributed by atoms with Gasteiger partial charge in [-0.3, -0.25) is 14.7 Å². The number of aromatic carboxylic acids is 1. The third-order valence-corrected chi connectivity index (χ3v) is 4.71. The van der Waals surface area contributed by atoms with Crippen LogP contribution in [0, 0.1) is 0 Å². The number of anilines is 2. The second kappa shape index (κ2) is 7.00. The fourth-order valence-corrected chi connectivity index (χ4v) is 3.18. The zero-order valence-corrected chi connectivity index (χ0v) is 14.9. The fourth-order valence-electron chi connectivity index (χ4n) is 2.56. The monoisotopic (exact) mass is 396 g/mol. The van der Waals surface area contributed by atoms with E-state index in [2.05, 4.69) is 20.8 Å². The van der Waals surface area contributed by atoms with E-state index in [1.807, 2.05) is 0 Å². The van der Waals surface area contributed by atoms with Gasteiger partial charge in [0.15, 0.2) is 11.4 Å². The first-order valence-corrected chi connectivity index (χ1v) is 8.87. The van der Waals surface area contributed by atoms with E-state index in [1.54, 1.807) is 41.8 Å². The number of hydrogen-bond acceptors (Lipinski definition) is 6. The summed E-state index contributed by atoms with van der Waals surface area (Å²) in [7, 11) is 0. The van der Waals surface area contributed by atoms with Crippen molar-refractivity contribution in [1.29, 1.82) is 0 Å². The van der Waals surface area contributed by atoms with Gasteiger partial charge in [0.25, 0.3) is 11.8 Å². The molecule has 28 heavy (non-hydrogen) atoms. The van der Waals surface area contributed by atoms with Crippen molar-refractivity contribution < 1.29 is 23.9 Å². The molecule has 0 spiro atoms. The molecule has 0 atom stereocenters. The molecule has 0 saturated heterocycles. The van der Waals surface area contributed by atoms with Gasteiger partial charge < -0.3 is 20.2 Å². The van der Waals surface area contributed by atoms with E-state index >= 15 is 0 Å². The van der Waals surface area contributed by atoms with Crippen LogP contribution in [0.25, 0.3) is 11.1 Å². The minimum atomic E-state index is -1.23. The Kier molecular flexibility index (Phi) is 4.38. The molecule has 3 aromatic heterocycles. The molecule has 2 amide bonds. The second-order valence-corrected chi connectivity index (χ2v) is 6.61. The number of nitrogens with zero attached hydrogens (tertiary/aromatic N) is 1. The number of carbonyl (C=O) groups is 3. The Hall–Kier alpha value is -3.92. The van der Waals surface area contributed by atoms with Crippen LogP contribution in [-0.4, -0.2) is 33.1 Å². The summed E-state index contributed by atoms with van der Waals surface area (Å²) in [5.41, 5.74) is 1.00. The SMILES string of the molecule is O=C(O)c1cc2[nH]nc(NC(=O)c3ccccc3NC(=O)c3cccs3)c2o1. The Bertz CT molecular complexity index is 1190. The first-order chi connectivity index (χ1) is 13.5. The van der Waals surface area contributed by atoms with Gasteiger partial charge in [0.05, 0.1) is 16.1 Å². The maximum Gasteiger partial charge on any atom is 0.371 e. The molecule has 140 valence electrons. The van der Waals surface area contributed by atoms with E-state index in [0.717, 1.165) is 0 Å². The van der Waals surface area contributed by atoms with E-state index in [0.29, 0.717) is 16.1 Å². The third kappa shape index (κ3) is 3.23. The number of para-hydroxylation sites is 1. The van der Waals surface area contributed by atoms with Gasteiger partial charge in [0, 0.05) is 6.07 Å². The number of fused-ring (bicyclic) bond motifs is 1. The number of carboxylic acid groups (broad SMARTS) is 1. The molecule has 10 heteroatoms. The molecule has 0 aliphatic rings. The Labute approximate surface area is 161 Å². The number of aromatic nitrogens is 2. The highest BCUT2D eigenvalue weighted by Crippen LogP contribution is 2.26. The van der Waals surface area contributed by atoms with Gasteiger partial charge in [0.2, 0.25) is 5.76 Å². The van der Waals surface area contributed by atoms with Crippen LogP contribution in [0.1, 0.15) is 30.6 Å². The minimum absolute atomic E-state index is 0.0480. The molecule has 0 bridgehead atoms. The normalized spacial score (nSPS) is 10.7. The van der Waals surface area contributed by atoms with Gasteiger partial charge in [-0.15, -0.1) is 11.3 Å². The molecule has 0 radical (unpaired) electrons. The van der Waals surface area contributed by atoms with Gasteiger partial charge in [-0.1, -0.05) is 18.2 Å². The molecule has 0 aliphatic carbocycles. The average Bonchev–Trinajstić information content (AvgIpc) is 3.40. The molecular formula is C18H12N4O5S. The average molecular weight is 396 g/mol. The van der Waals surface area contributed by atoms with Crippen LogP contribution in [-0.2, 0) is 0 Å². The first-order valence-electron chi connectivity index (χ1n) is 7.99. The van der Waals surface area contributed by atoms with Crippen molar-refractivity contribution in [2.75, 3.05) is 10.6 Å². The predicted molar refractivity (Wildman–Crippen MR) is 102 cm³/mol. The highest BCUT2D eigenvalue weighted by molar-refractivity contribution is 7.12. The van der Waals surface area contributed by atoms with Crippen LogP contribution in [0.15, 0.2) is 52.3 Å². The molecule has 4 aromatic rings.